The van der Waals surface area contributed by atoms with Gasteiger partial charge in [-0.15, -0.1) is 0 Å². The van der Waals surface area contributed by atoms with E-state index < -0.39 is 11.2 Å². The van der Waals surface area contributed by atoms with Crippen molar-refractivity contribution in [2.75, 3.05) is 24.5 Å². The lowest BCUT2D eigenvalue weighted by atomic mass is 9.73. The van der Waals surface area contributed by atoms with Gasteiger partial charge in [-0.3, -0.25) is 19.5 Å². The molecule has 5 rings (SSSR count). The van der Waals surface area contributed by atoms with E-state index in [0.29, 0.717) is 48.4 Å². The van der Waals surface area contributed by atoms with E-state index in [0.717, 1.165) is 5.39 Å². The van der Waals surface area contributed by atoms with Crippen LogP contribution in [-0.2, 0) is 15.0 Å². The number of hydrogen-bond donors (Lipinski definition) is 1. The maximum Gasteiger partial charge on any atom is 0.255 e. The number of piperidine rings is 1. The largest absolute Gasteiger partial charge is 0.339 e. The molecule has 4 heterocycles. The number of nitrogens with one attached hydrogen (secondary N) is 1. The third-order valence-corrected chi connectivity index (χ3v) is 6.24. The van der Waals surface area contributed by atoms with Crippen molar-refractivity contribution in [3.63, 3.8) is 0 Å². The van der Waals surface area contributed by atoms with Crippen LogP contribution in [0.5, 0.6) is 0 Å². The molecule has 0 saturated carbocycles. The first-order valence-electron chi connectivity index (χ1n) is 10.1. The summed E-state index contributed by atoms with van der Waals surface area (Å²) >= 11 is 0. The van der Waals surface area contributed by atoms with Crippen molar-refractivity contribution in [1.29, 1.82) is 0 Å². The number of carbonyl (C=O) groups is 3. The van der Waals surface area contributed by atoms with Gasteiger partial charge in [0.05, 0.1) is 23.7 Å². The van der Waals surface area contributed by atoms with Gasteiger partial charge in [0.25, 0.3) is 5.91 Å². The maximum atomic E-state index is 14.1. The highest BCUT2D eigenvalue weighted by Crippen LogP contribution is 2.48. The Morgan fingerprint density at radius 3 is 2.71 bits per heavy atom. The number of Topliss-reactive ketones (excluding diaryl/α,β-unsaturated/α-hetero) is 1. The van der Waals surface area contributed by atoms with Gasteiger partial charge >= 0.3 is 0 Å². The smallest absolute Gasteiger partial charge is 0.255 e. The molecule has 1 fully saturated rings. The zero-order valence-corrected chi connectivity index (χ0v) is 16.9. The van der Waals surface area contributed by atoms with E-state index in [1.807, 2.05) is 0 Å². The molecule has 31 heavy (non-hydrogen) atoms. The van der Waals surface area contributed by atoms with Crippen molar-refractivity contribution in [3.8, 4) is 0 Å². The van der Waals surface area contributed by atoms with Crippen LogP contribution in [0.2, 0.25) is 0 Å². The molecule has 0 aliphatic carbocycles. The number of anilines is 1. The number of aromatic nitrogens is 3. The molecule has 1 aromatic carbocycles. The minimum absolute atomic E-state index is 0.0434. The number of ketones is 1. The summed E-state index contributed by atoms with van der Waals surface area (Å²) in [5.74, 6) is -0.933. The van der Waals surface area contributed by atoms with Gasteiger partial charge < -0.3 is 9.80 Å². The van der Waals surface area contributed by atoms with Crippen LogP contribution in [0.15, 0.2) is 36.7 Å². The van der Waals surface area contributed by atoms with Crippen LogP contribution >= 0.6 is 0 Å². The Labute approximate surface area is 177 Å². The summed E-state index contributed by atoms with van der Waals surface area (Å²) in [5, 5.41) is 7.41. The average Bonchev–Trinajstić information content (AvgIpc) is 3.31. The number of rotatable bonds is 3. The maximum absolute atomic E-state index is 14.1. The van der Waals surface area contributed by atoms with Gasteiger partial charge in [0.1, 0.15) is 11.6 Å². The lowest BCUT2D eigenvalue weighted by molar-refractivity contribution is -0.126. The molecule has 0 unspecified atom stereocenters. The Bertz CT molecular complexity index is 1230. The summed E-state index contributed by atoms with van der Waals surface area (Å²) in [5.41, 5.74) is 1.32. The number of amides is 2. The molecule has 1 spiro atoms. The molecule has 0 radical (unpaired) electrons. The van der Waals surface area contributed by atoms with Gasteiger partial charge in [0, 0.05) is 30.4 Å². The van der Waals surface area contributed by atoms with Crippen molar-refractivity contribution in [2.45, 2.75) is 25.2 Å². The minimum atomic E-state index is -0.920. The number of likely N-dealkylation sites (tertiary alicyclic amines) is 1. The Morgan fingerprint density at radius 2 is 1.97 bits per heavy atom. The molecule has 158 valence electrons. The summed E-state index contributed by atoms with van der Waals surface area (Å²) < 4.78 is 14.1. The van der Waals surface area contributed by atoms with E-state index in [4.69, 9.17) is 0 Å². The first-order valence-corrected chi connectivity index (χ1v) is 10.1. The van der Waals surface area contributed by atoms with E-state index in [1.165, 1.54) is 30.2 Å². The quantitative estimate of drug-likeness (QED) is 0.699. The molecular formula is C22H20FN5O3. The minimum Gasteiger partial charge on any atom is -0.339 e. The fraction of sp³-hybridized carbons (Fsp3) is 0.318. The van der Waals surface area contributed by atoms with Gasteiger partial charge in [-0.25, -0.2) is 9.37 Å². The number of carbonyl (C=O) groups excluding carboxylic acids is 3. The van der Waals surface area contributed by atoms with E-state index in [9.17, 15) is 18.8 Å². The molecule has 8 nitrogen and oxygen atoms in total. The fourth-order valence-corrected chi connectivity index (χ4v) is 4.70. The Hall–Kier alpha value is -3.62. The number of benzene rings is 1. The fourth-order valence-electron chi connectivity index (χ4n) is 4.70. The summed E-state index contributed by atoms with van der Waals surface area (Å²) in [6.45, 7) is 2.07. The van der Waals surface area contributed by atoms with Gasteiger partial charge in [0.15, 0.2) is 5.65 Å². The molecule has 1 saturated heterocycles. The van der Waals surface area contributed by atoms with Crippen LogP contribution in [0, 0.1) is 5.82 Å². The second-order valence-electron chi connectivity index (χ2n) is 8.16. The van der Waals surface area contributed by atoms with E-state index in [2.05, 4.69) is 15.2 Å². The Morgan fingerprint density at radius 1 is 1.19 bits per heavy atom. The highest BCUT2D eigenvalue weighted by atomic mass is 19.1. The molecule has 2 aromatic heterocycles. The molecule has 0 bridgehead atoms. The van der Waals surface area contributed by atoms with Crippen LogP contribution in [-0.4, -0.2) is 57.3 Å². The molecule has 9 heteroatoms. The number of hydrogen-bond acceptors (Lipinski definition) is 5. The first-order chi connectivity index (χ1) is 14.9. The normalized spacial score (nSPS) is 17.4. The Kier molecular flexibility index (Phi) is 4.35. The van der Waals surface area contributed by atoms with Crippen LogP contribution < -0.4 is 4.90 Å². The summed E-state index contributed by atoms with van der Waals surface area (Å²) in [7, 11) is 0. The van der Waals surface area contributed by atoms with E-state index >= 15 is 0 Å². The molecule has 2 aliphatic heterocycles. The number of H-pyrrole nitrogens is 1. The van der Waals surface area contributed by atoms with E-state index in [1.54, 1.807) is 23.2 Å². The SMILES string of the molecule is CC(=O)CN1C(=O)C2(CCN(C(=O)c3cnc4[nH]ncc4c3)CC2)c2cc(F)ccc21. The molecule has 1 N–H and O–H groups in total. The number of fused-ring (bicyclic) bond motifs is 3. The third-order valence-electron chi connectivity index (χ3n) is 6.24. The highest BCUT2D eigenvalue weighted by Gasteiger charge is 2.52. The second-order valence-corrected chi connectivity index (χ2v) is 8.16. The van der Waals surface area contributed by atoms with Crippen LogP contribution in [0.4, 0.5) is 10.1 Å². The van der Waals surface area contributed by atoms with Gasteiger partial charge in [-0.05, 0) is 49.6 Å². The number of nitrogens with zero attached hydrogens (tertiary/aromatic N) is 4. The highest BCUT2D eigenvalue weighted by molar-refractivity contribution is 6.11. The molecule has 0 atom stereocenters. The lowest BCUT2D eigenvalue weighted by Crippen LogP contribution is -2.50. The number of pyridine rings is 1. The summed E-state index contributed by atoms with van der Waals surface area (Å²) in [4.78, 5) is 45.5. The van der Waals surface area contributed by atoms with Crippen LogP contribution in [0.1, 0.15) is 35.7 Å². The van der Waals surface area contributed by atoms with Crippen molar-refractivity contribution >= 4 is 34.3 Å². The van der Waals surface area contributed by atoms with Crippen molar-refractivity contribution in [3.05, 3.63) is 53.6 Å². The third kappa shape index (κ3) is 2.99. The standard InChI is InChI=1S/C22H20FN5O3/c1-13(29)12-28-18-3-2-16(23)9-17(18)22(21(28)31)4-6-27(7-5-22)20(30)15-8-14-11-25-26-19(14)24-10-15/h2-3,8-11H,4-7,12H2,1H3,(H,24,25,26). The Balaban J connectivity index is 1.42. The lowest BCUT2D eigenvalue weighted by Gasteiger charge is -2.38. The number of aromatic amines is 1. The number of halogens is 1. The first kappa shape index (κ1) is 19.3. The molecule has 2 amide bonds. The molecule has 3 aromatic rings. The monoisotopic (exact) mass is 421 g/mol. The summed E-state index contributed by atoms with van der Waals surface area (Å²) in [6, 6.07) is 5.99. The van der Waals surface area contributed by atoms with Crippen molar-refractivity contribution in [2.24, 2.45) is 0 Å². The predicted octanol–water partition coefficient (Wildman–Crippen LogP) is 2.21. The van der Waals surface area contributed by atoms with Crippen LogP contribution in [0.3, 0.4) is 0 Å². The predicted molar refractivity (Wildman–Crippen MR) is 110 cm³/mol. The van der Waals surface area contributed by atoms with Gasteiger partial charge in [-0.2, -0.15) is 5.10 Å². The molecular weight excluding hydrogens is 401 g/mol. The molecule has 2 aliphatic rings. The van der Waals surface area contributed by atoms with Gasteiger partial charge in [0.2, 0.25) is 5.91 Å². The summed E-state index contributed by atoms with van der Waals surface area (Å²) in [6.07, 6.45) is 3.84. The zero-order valence-electron chi connectivity index (χ0n) is 16.9. The van der Waals surface area contributed by atoms with Crippen LogP contribution in [0.25, 0.3) is 11.0 Å². The zero-order chi connectivity index (χ0) is 21.8. The average molecular weight is 421 g/mol. The van der Waals surface area contributed by atoms with Crippen molar-refractivity contribution < 1.29 is 18.8 Å². The van der Waals surface area contributed by atoms with Gasteiger partial charge in [-0.1, -0.05) is 0 Å². The topological polar surface area (TPSA) is 99.3 Å². The van der Waals surface area contributed by atoms with E-state index in [-0.39, 0.29) is 24.1 Å². The second kappa shape index (κ2) is 6.97. The van der Waals surface area contributed by atoms with Crippen molar-refractivity contribution in [1.82, 2.24) is 20.1 Å².